The van der Waals surface area contributed by atoms with Gasteiger partial charge in [-0.25, -0.2) is 0 Å². The topological polar surface area (TPSA) is 8.17 Å². The Hall–Kier alpha value is -6.64. The van der Waals surface area contributed by atoms with E-state index in [4.69, 9.17) is 2.74 Å². The summed E-state index contributed by atoms with van der Waals surface area (Å²) in [7, 11) is 0. The number of benzene rings is 8. The van der Waals surface area contributed by atoms with Gasteiger partial charge in [0.25, 0.3) is 0 Å². The highest BCUT2D eigenvalue weighted by Crippen LogP contribution is 2.39. The number of hydrogen-bond donors (Lipinski definition) is 0. The first-order valence-corrected chi connectivity index (χ1v) is 15.8. The SMILES string of the molecule is [2H]c1c([2H])c(-c2c([2H])c([2H])c([2H])c(-n3c4ccccc4c4ccccc43)c2[2H])c([2H])c(N(c2c([2H])c([2H])c(-c3ccccc3)c([2H])c2[2H])c2c([2H])c([2H])c(-c3ccccc3)c([2H])c2[2H])c1[2H]. The quantitative estimate of drug-likeness (QED) is 0.166. The van der Waals surface area contributed by atoms with Crippen molar-refractivity contribution >= 4 is 38.9 Å². The molecule has 0 N–H and O–H groups in total. The molecule has 0 saturated heterocycles. The zero-order valence-corrected chi connectivity index (χ0v) is 26.3. The molecule has 50 heavy (non-hydrogen) atoms. The molecular formula is C48H34N2. The van der Waals surface area contributed by atoms with Crippen LogP contribution < -0.4 is 4.90 Å². The molecule has 0 radical (unpaired) electrons. The van der Waals surface area contributed by atoms with E-state index in [-0.39, 0.29) is 16.8 Å². The van der Waals surface area contributed by atoms with Crippen molar-refractivity contribution in [2.75, 3.05) is 4.90 Å². The highest BCUT2D eigenvalue weighted by Gasteiger charge is 2.16. The van der Waals surface area contributed by atoms with Crippen LogP contribution >= 0.6 is 0 Å². The summed E-state index contributed by atoms with van der Waals surface area (Å²) in [4.78, 5) is 0.707. The summed E-state index contributed by atoms with van der Waals surface area (Å²) in [6, 6.07) is 19.0. The summed E-state index contributed by atoms with van der Waals surface area (Å²) in [6.07, 6.45) is 0. The Morgan fingerprint density at radius 3 is 1.36 bits per heavy atom. The molecule has 0 unspecified atom stereocenters. The third-order valence-electron chi connectivity index (χ3n) is 8.30. The van der Waals surface area contributed by atoms with Crippen LogP contribution in [-0.2, 0) is 0 Å². The van der Waals surface area contributed by atoms with Crippen molar-refractivity contribution in [2.24, 2.45) is 0 Å². The van der Waals surface area contributed by atoms with E-state index in [2.05, 4.69) is 0 Å². The maximum Gasteiger partial charge on any atom is 0.0651 e. The second kappa shape index (κ2) is 12.8. The lowest BCUT2D eigenvalue weighted by molar-refractivity contribution is 1.18. The largest absolute Gasteiger partial charge is 0.310 e. The predicted molar refractivity (Wildman–Crippen MR) is 212 cm³/mol. The minimum absolute atomic E-state index is 0.123. The van der Waals surface area contributed by atoms with E-state index in [1.165, 1.54) is 0 Å². The fraction of sp³-hybridized carbons (Fsp3) is 0. The lowest BCUT2D eigenvalue weighted by atomic mass is 10.0. The normalized spacial score (nSPS) is 15.7. The Labute approximate surface area is 315 Å². The molecule has 0 aliphatic heterocycles. The molecule has 1 heterocycles. The summed E-state index contributed by atoms with van der Waals surface area (Å²) >= 11 is 0. The van der Waals surface area contributed by atoms with Crippen molar-refractivity contribution in [3.63, 3.8) is 0 Å². The molecule has 0 saturated carbocycles. The predicted octanol–water partition coefficient (Wildman–Crippen LogP) is 13.3. The van der Waals surface area contributed by atoms with Crippen LogP contribution in [0.3, 0.4) is 0 Å². The molecule has 2 nitrogen and oxygen atoms in total. The first kappa shape index (κ1) is 17.1. The van der Waals surface area contributed by atoms with Gasteiger partial charge in [-0.05, 0) is 93.9 Å². The standard InChI is InChI=1S/C48H34N2/c1-3-13-35(14-4-1)37-25-29-41(30-26-37)49(42-31-27-38(28-32-42)36-15-5-2-6-16-36)43-19-11-17-39(33-43)40-18-12-20-44(34-40)50-47-23-9-7-21-45(47)46-22-8-10-24-48(46)50/h1-34H/i11D,12D,17D,18D,19D,20D,25D,26D,27D,28D,29D,30D,31D,32D,33D,34D. The van der Waals surface area contributed by atoms with Crippen molar-refractivity contribution in [1.82, 2.24) is 4.57 Å². The van der Waals surface area contributed by atoms with Gasteiger partial charge in [0.1, 0.15) is 0 Å². The number of nitrogens with zero attached hydrogens (tertiary/aromatic N) is 2. The lowest BCUT2D eigenvalue weighted by Crippen LogP contribution is -2.10. The molecule has 0 aliphatic rings. The first-order valence-electron chi connectivity index (χ1n) is 23.8. The van der Waals surface area contributed by atoms with Gasteiger partial charge in [-0.15, -0.1) is 0 Å². The monoisotopic (exact) mass is 654 g/mol. The van der Waals surface area contributed by atoms with Crippen LogP contribution in [-0.4, -0.2) is 4.57 Å². The molecule has 0 atom stereocenters. The number of anilines is 3. The van der Waals surface area contributed by atoms with Gasteiger partial charge in [-0.3, -0.25) is 0 Å². The molecule has 8 aromatic carbocycles. The minimum atomic E-state index is -0.925. The number of aromatic nitrogens is 1. The molecule has 1 aromatic heterocycles. The van der Waals surface area contributed by atoms with E-state index in [9.17, 15) is 19.2 Å². The number of rotatable bonds is 7. The van der Waals surface area contributed by atoms with Gasteiger partial charge in [-0.1, -0.05) is 145 Å². The second-order valence-corrected chi connectivity index (χ2v) is 11.3. The Bertz CT molecular complexity index is 3280. The molecule has 0 amide bonds. The fourth-order valence-corrected chi connectivity index (χ4v) is 5.97. The molecule has 236 valence electrons. The van der Waals surface area contributed by atoms with E-state index in [1.54, 1.807) is 89.5 Å². The average molecular weight is 655 g/mol. The van der Waals surface area contributed by atoms with Crippen molar-refractivity contribution < 1.29 is 21.9 Å². The lowest BCUT2D eigenvalue weighted by Gasteiger charge is -2.26. The molecule has 0 aliphatic carbocycles. The maximum absolute atomic E-state index is 9.89. The summed E-state index contributed by atoms with van der Waals surface area (Å²) in [5.41, 5.74) is -2.12. The smallest absolute Gasteiger partial charge is 0.0651 e. The Kier molecular flexibility index (Phi) is 4.38. The van der Waals surface area contributed by atoms with E-state index >= 15 is 0 Å². The van der Waals surface area contributed by atoms with Crippen LogP contribution in [0.15, 0.2) is 206 Å². The Morgan fingerprint density at radius 2 is 0.820 bits per heavy atom. The number of fused-ring (bicyclic) bond motifs is 3. The average Bonchev–Trinajstić information content (AvgIpc) is 3.64. The maximum atomic E-state index is 9.89. The molecule has 9 aromatic rings. The zero-order valence-electron chi connectivity index (χ0n) is 42.3. The molecule has 9 rings (SSSR count). The van der Waals surface area contributed by atoms with E-state index in [1.807, 2.05) is 24.3 Å². The minimum Gasteiger partial charge on any atom is -0.310 e. The number of hydrogen-bond acceptors (Lipinski definition) is 1. The summed E-state index contributed by atoms with van der Waals surface area (Å²) in [5.74, 6) is 0. The van der Waals surface area contributed by atoms with Gasteiger partial charge < -0.3 is 9.47 Å². The Morgan fingerprint density at radius 1 is 0.360 bits per heavy atom. The van der Waals surface area contributed by atoms with Crippen LogP contribution in [0.2, 0.25) is 0 Å². The van der Waals surface area contributed by atoms with Crippen molar-refractivity contribution in [3.8, 4) is 39.1 Å². The van der Waals surface area contributed by atoms with Crippen LogP contribution in [0.5, 0.6) is 0 Å². The highest BCUT2D eigenvalue weighted by atomic mass is 15.1. The second-order valence-electron chi connectivity index (χ2n) is 11.3. The van der Waals surface area contributed by atoms with Gasteiger partial charge in [0.15, 0.2) is 0 Å². The van der Waals surface area contributed by atoms with Crippen LogP contribution in [0.1, 0.15) is 21.9 Å². The molecule has 0 spiro atoms. The molecule has 2 heteroatoms. The van der Waals surface area contributed by atoms with Crippen LogP contribution in [0, 0.1) is 0 Å². The summed E-state index contributed by atoms with van der Waals surface area (Å²) < 4.78 is 151. The Balaban J connectivity index is 1.42. The zero-order chi connectivity index (χ0) is 47.2. The van der Waals surface area contributed by atoms with Gasteiger partial charge in [0.05, 0.1) is 33.0 Å². The number of para-hydroxylation sites is 2. The van der Waals surface area contributed by atoms with Gasteiger partial charge in [0.2, 0.25) is 0 Å². The third kappa shape index (κ3) is 5.43. The molecular weight excluding hydrogens is 605 g/mol. The summed E-state index contributed by atoms with van der Waals surface area (Å²) in [6.45, 7) is 0. The van der Waals surface area contributed by atoms with Crippen molar-refractivity contribution in [3.05, 3.63) is 206 Å². The van der Waals surface area contributed by atoms with Gasteiger partial charge in [0, 0.05) is 33.5 Å². The van der Waals surface area contributed by atoms with Gasteiger partial charge >= 0.3 is 0 Å². The van der Waals surface area contributed by atoms with E-state index in [0.29, 0.717) is 27.1 Å². The van der Waals surface area contributed by atoms with Crippen LogP contribution in [0.25, 0.3) is 60.9 Å². The third-order valence-corrected chi connectivity index (χ3v) is 8.30. The van der Waals surface area contributed by atoms with Crippen molar-refractivity contribution in [2.45, 2.75) is 0 Å². The van der Waals surface area contributed by atoms with E-state index < -0.39 is 125 Å². The molecule has 0 fully saturated rings. The molecule has 0 bridgehead atoms. The summed E-state index contributed by atoms with van der Waals surface area (Å²) in [5, 5.41) is 1.50. The highest BCUT2D eigenvalue weighted by molar-refractivity contribution is 6.09. The van der Waals surface area contributed by atoms with E-state index in [0.717, 1.165) is 10.8 Å². The first-order chi connectivity index (χ1) is 31.5. The van der Waals surface area contributed by atoms with Crippen LogP contribution in [0.4, 0.5) is 17.1 Å². The van der Waals surface area contributed by atoms with Crippen molar-refractivity contribution in [1.29, 1.82) is 0 Å². The fourth-order valence-electron chi connectivity index (χ4n) is 5.97. The van der Waals surface area contributed by atoms with Gasteiger partial charge in [-0.2, -0.15) is 0 Å².